The number of allylic oxidation sites excluding steroid dienone is 1. The average Bonchev–Trinajstić information content (AvgIpc) is 2.36. The van der Waals surface area contributed by atoms with Crippen molar-refractivity contribution in [2.75, 3.05) is 0 Å². The second kappa shape index (κ2) is 7.15. The van der Waals surface area contributed by atoms with E-state index in [1.54, 1.807) is 0 Å². The molecule has 0 saturated carbocycles. The fourth-order valence-electron chi connectivity index (χ4n) is 2.00. The van der Waals surface area contributed by atoms with Gasteiger partial charge in [-0.3, -0.25) is 0 Å². The fourth-order valence-corrected chi connectivity index (χ4v) is 2.00. The van der Waals surface area contributed by atoms with Crippen LogP contribution in [0.2, 0.25) is 0 Å². The van der Waals surface area contributed by atoms with Crippen LogP contribution in [0.1, 0.15) is 50.7 Å². The molecule has 1 heteroatoms. The maximum Gasteiger partial charge on any atom is 0.120 e. The van der Waals surface area contributed by atoms with Gasteiger partial charge < -0.3 is 4.79 Å². The molecule has 0 aliphatic carbocycles. The Bertz CT molecular complexity index is 389. The number of unbranched alkanes of at least 4 members (excludes halogenated alkanes) is 1. The highest BCUT2D eigenvalue weighted by Crippen LogP contribution is 2.30. The first-order valence-electron chi connectivity index (χ1n) is 6.79. The molecule has 1 aromatic rings. The van der Waals surface area contributed by atoms with Crippen LogP contribution in [0.5, 0.6) is 0 Å². The van der Waals surface area contributed by atoms with Crippen molar-refractivity contribution >= 4 is 12.4 Å². The quantitative estimate of drug-likeness (QED) is 0.630. The summed E-state index contributed by atoms with van der Waals surface area (Å²) in [5, 5.41) is 0. The third-order valence-electron chi connectivity index (χ3n) is 3.41. The first kappa shape index (κ1) is 14.7. The van der Waals surface area contributed by atoms with E-state index < -0.39 is 0 Å². The topological polar surface area (TPSA) is 17.1 Å². The molecule has 1 rings (SSSR count). The van der Waals surface area contributed by atoms with Crippen molar-refractivity contribution in [2.24, 2.45) is 5.41 Å². The van der Waals surface area contributed by atoms with Crippen LogP contribution >= 0.6 is 0 Å². The Morgan fingerprint density at radius 3 is 2.44 bits per heavy atom. The number of benzene rings is 1. The number of hydrogen-bond donors (Lipinski definition) is 0. The molecule has 0 amide bonds. The van der Waals surface area contributed by atoms with Gasteiger partial charge in [-0.25, -0.2) is 0 Å². The summed E-state index contributed by atoms with van der Waals surface area (Å²) in [6.07, 6.45) is 9.39. The number of aryl methyl sites for hydroxylation is 1. The van der Waals surface area contributed by atoms with Gasteiger partial charge in [0.1, 0.15) is 6.29 Å². The smallest absolute Gasteiger partial charge is 0.120 e. The molecular formula is C17H24O. The predicted molar refractivity (Wildman–Crippen MR) is 78.5 cm³/mol. The molecule has 0 radical (unpaired) electrons. The van der Waals surface area contributed by atoms with Gasteiger partial charge in [-0.2, -0.15) is 0 Å². The minimum atomic E-state index is 0.00263. The lowest BCUT2D eigenvalue weighted by Gasteiger charge is -2.23. The highest BCUT2D eigenvalue weighted by molar-refractivity contribution is 5.55. The molecule has 1 nitrogen and oxygen atoms in total. The predicted octanol–water partition coefficient (Wildman–Crippen LogP) is 4.79. The lowest BCUT2D eigenvalue weighted by Crippen LogP contribution is -2.13. The first-order chi connectivity index (χ1) is 8.59. The van der Waals surface area contributed by atoms with Gasteiger partial charge in [0.25, 0.3) is 0 Å². The second-order valence-electron chi connectivity index (χ2n) is 5.37. The van der Waals surface area contributed by atoms with Crippen molar-refractivity contribution in [3.05, 3.63) is 41.5 Å². The van der Waals surface area contributed by atoms with E-state index in [4.69, 9.17) is 0 Å². The van der Waals surface area contributed by atoms with Gasteiger partial charge in [0.2, 0.25) is 0 Å². The zero-order valence-corrected chi connectivity index (χ0v) is 11.8. The summed E-state index contributed by atoms with van der Waals surface area (Å²) in [7, 11) is 0. The number of aldehydes is 1. The summed E-state index contributed by atoms with van der Waals surface area (Å²) in [6, 6.07) is 8.46. The molecule has 18 heavy (non-hydrogen) atoms. The van der Waals surface area contributed by atoms with Crippen molar-refractivity contribution < 1.29 is 4.79 Å². The van der Waals surface area contributed by atoms with Crippen LogP contribution in [0.25, 0.3) is 6.08 Å². The average molecular weight is 244 g/mol. The van der Waals surface area contributed by atoms with Crippen LogP contribution < -0.4 is 0 Å². The van der Waals surface area contributed by atoms with Crippen molar-refractivity contribution in [1.82, 2.24) is 0 Å². The van der Waals surface area contributed by atoms with Crippen LogP contribution in [0.15, 0.2) is 30.3 Å². The largest absolute Gasteiger partial charge is 0.303 e. The van der Waals surface area contributed by atoms with E-state index in [0.29, 0.717) is 6.42 Å². The van der Waals surface area contributed by atoms with Gasteiger partial charge in [0.05, 0.1) is 0 Å². The molecule has 1 aromatic carbocycles. The van der Waals surface area contributed by atoms with E-state index in [1.165, 1.54) is 24.0 Å². The number of hydrogen-bond acceptors (Lipinski definition) is 1. The molecule has 0 aromatic heterocycles. The summed E-state index contributed by atoms with van der Waals surface area (Å²) >= 11 is 0. The molecule has 0 aliphatic rings. The molecule has 0 spiro atoms. The Hall–Kier alpha value is -1.37. The van der Waals surface area contributed by atoms with Gasteiger partial charge in [-0.05, 0) is 24.3 Å². The molecule has 0 aliphatic heterocycles. The minimum Gasteiger partial charge on any atom is -0.303 e. The van der Waals surface area contributed by atoms with Gasteiger partial charge in [0.15, 0.2) is 0 Å². The summed E-state index contributed by atoms with van der Waals surface area (Å²) < 4.78 is 0. The summed E-state index contributed by atoms with van der Waals surface area (Å²) in [5.41, 5.74) is 2.48. The minimum absolute atomic E-state index is 0.00263. The van der Waals surface area contributed by atoms with Gasteiger partial charge >= 0.3 is 0 Å². The monoisotopic (exact) mass is 244 g/mol. The van der Waals surface area contributed by atoms with E-state index >= 15 is 0 Å². The molecule has 0 unspecified atom stereocenters. The van der Waals surface area contributed by atoms with Crippen molar-refractivity contribution in [1.29, 1.82) is 0 Å². The molecule has 0 heterocycles. The Morgan fingerprint density at radius 1 is 1.22 bits per heavy atom. The Kier molecular flexibility index (Phi) is 5.84. The SMILES string of the molecule is CCCC[C@](C)(/C=C/c1ccc(C)cc1)CC=O. The second-order valence-corrected chi connectivity index (χ2v) is 5.37. The Balaban J connectivity index is 2.75. The number of rotatable bonds is 7. The normalized spacial score (nSPS) is 14.6. The number of carbonyl (C=O) groups excluding carboxylic acids is 1. The van der Waals surface area contributed by atoms with Crippen LogP contribution in [0.4, 0.5) is 0 Å². The molecule has 0 fully saturated rings. The summed E-state index contributed by atoms with van der Waals surface area (Å²) in [6.45, 7) is 6.44. The summed E-state index contributed by atoms with van der Waals surface area (Å²) in [4.78, 5) is 10.8. The van der Waals surface area contributed by atoms with Crippen LogP contribution in [-0.2, 0) is 4.79 Å². The number of carbonyl (C=O) groups is 1. The van der Waals surface area contributed by atoms with Crippen LogP contribution in [0.3, 0.4) is 0 Å². The van der Waals surface area contributed by atoms with E-state index in [0.717, 1.165) is 12.7 Å². The van der Waals surface area contributed by atoms with Crippen molar-refractivity contribution in [3.63, 3.8) is 0 Å². The third kappa shape index (κ3) is 4.87. The zero-order chi connectivity index (χ0) is 13.4. The van der Waals surface area contributed by atoms with E-state index in [-0.39, 0.29) is 5.41 Å². The molecule has 98 valence electrons. The zero-order valence-electron chi connectivity index (χ0n) is 11.8. The molecule has 0 saturated heterocycles. The van der Waals surface area contributed by atoms with Crippen LogP contribution in [-0.4, -0.2) is 6.29 Å². The van der Waals surface area contributed by atoms with Gasteiger partial charge in [-0.1, -0.05) is 68.7 Å². The lowest BCUT2D eigenvalue weighted by molar-refractivity contribution is -0.109. The first-order valence-corrected chi connectivity index (χ1v) is 6.79. The highest BCUT2D eigenvalue weighted by atomic mass is 16.1. The standard InChI is InChI=1S/C17H24O/c1-4-5-11-17(3,13-14-18)12-10-16-8-6-15(2)7-9-16/h6-10,12,14H,4-5,11,13H2,1-3H3/b12-10+/t17-/m1/s1. The maximum atomic E-state index is 10.8. The Labute approximate surface area is 111 Å². The van der Waals surface area contributed by atoms with Crippen molar-refractivity contribution in [3.8, 4) is 0 Å². The fraction of sp³-hybridized carbons (Fsp3) is 0.471. The van der Waals surface area contributed by atoms with E-state index in [9.17, 15) is 4.79 Å². The van der Waals surface area contributed by atoms with Crippen LogP contribution in [0, 0.1) is 12.3 Å². The summed E-state index contributed by atoms with van der Waals surface area (Å²) in [5.74, 6) is 0. The molecular weight excluding hydrogens is 220 g/mol. The van der Waals surface area contributed by atoms with Crippen molar-refractivity contribution in [2.45, 2.75) is 46.5 Å². The highest BCUT2D eigenvalue weighted by Gasteiger charge is 2.19. The lowest BCUT2D eigenvalue weighted by atomic mass is 9.81. The molecule has 1 atom stereocenters. The van der Waals surface area contributed by atoms with Gasteiger partial charge in [-0.15, -0.1) is 0 Å². The van der Waals surface area contributed by atoms with E-state index in [2.05, 4.69) is 57.2 Å². The molecule has 0 N–H and O–H groups in total. The van der Waals surface area contributed by atoms with E-state index in [1.807, 2.05) is 0 Å². The molecule has 0 bridgehead atoms. The van der Waals surface area contributed by atoms with Gasteiger partial charge in [0, 0.05) is 6.42 Å². The maximum absolute atomic E-state index is 10.8. The third-order valence-corrected chi connectivity index (χ3v) is 3.41. The Morgan fingerprint density at radius 2 is 1.89 bits per heavy atom.